The molecule has 0 aliphatic carbocycles. The van der Waals surface area contributed by atoms with Crippen molar-refractivity contribution in [1.82, 2.24) is 0 Å². The first-order chi connectivity index (χ1) is 10.0. The number of carboxylic acids is 1. The van der Waals surface area contributed by atoms with Gasteiger partial charge in [-0.1, -0.05) is 32.0 Å². The number of aromatic carboxylic acids is 1. The SMILES string of the molecule is CSc1cccc(Oc2ccc(C(C)C)cc2)c1C(=O)O. The first kappa shape index (κ1) is 15.4. The van der Waals surface area contributed by atoms with Gasteiger partial charge in [-0.3, -0.25) is 0 Å². The van der Waals surface area contributed by atoms with Crippen LogP contribution < -0.4 is 4.74 Å². The molecule has 0 aliphatic rings. The van der Waals surface area contributed by atoms with Gasteiger partial charge in [0, 0.05) is 4.90 Å². The summed E-state index contributed by atoms with van der Waals surface area (Å²) >= 11 is 1.39. The molecule has 0 unspecified atom stereocenters. The Balaban J connectivity index is 2.33. The highest BCUT2D eigenvalue weighted by Crippen LogP contribution is 2.32. The highest BCUT2D eigenvalue weighted by Gasteiger charge is 2.16. The Kier molecular flexibility index (Phi) is 4.91. The Bertz CT molecular complexity index is 633. The average Bonchev–Trinajstić information content (AvgIpc) is 2.47. The summed E-state index contributed by atoms with van der Waals surface area (Å²) in [6.07, 6.45) is 1.85. The Morgan fingerprint density at radius 2 is 1.81 bits per heavy atom. The van der Waals surface area contributed by atoms with Crippen molar-refractivity contribution in [2.24, 2.45) is 0 Å². The van der Waals surface area contributed by atoms with Gasteiger partial charge in [-0.2, -0.15) is 0 Å². The minimum atomic E-state index is -0.978. The lowest BCUT2D eigenvalue weighted by Crippen LogP contribution is -2.02. The van der Waals surface area contributed by atoms with Crippen LogP contribution >= 0.6 is 11.8 Å². The standard InChI is InChI=1S/C17H18O3S/c1-11(2)12-7-9-13(10-8-12)20-14-5-4-6-15(21-3)16(14)17(18)19/h4-11H,1-3H3,(H,18,19). The van der Waals surface area contributed by atoms with E-state index >= 15 is 0 Å². The zero-order valence-corrected chi connectivity index (χ0v) is 13.1. The lowest BCUT2D eigenvalue weighted by Gasteiger charge is -2.12. The maximum Gasteiger partial charge on any atom is 0.340 e. The van der Waals surface area contributed by atoms with Crippen molar-refractivity contribution < 1.29 is 14.6 Å². The van der Waals surface area contributed by atoms with E-state index in [4.69, 9.17) is 4.74 Å². The highest BCUT2D eigenvalue weighted by molar-refractivity contribution is 7.98. The fraction of sp³-hybridized carbons (Fsp3) is 0.235. The molecule has 0 heterocycles. The van der Waals surface area contributed by atoms with Gasteiger partial charge in [-0.15, -0.1) is 11.8 Å². The fourth-order valence-electron chi connectivity index (χ4n) is 2.02. The maximum absolute atomic E-state index is 11.4. The third-order valence-electron chi connectivity index (χ3n) is 3.20. The largest absolute Gasteiger partial charge is 0.478 e. The van der Waals surface area contributed by atoms with Crippen LogP contribution in [-0.4, -0.2) is 17.3 Å². The molecule has 0 bridgehead atoms. The molecule has 2 aromatic rings. The predicted molar refractivity (Wildman–Crippen MR) is 85.8 cm³/mol. The number of hydrogen-bond acceptors (Lipinski definition) is 3. The summed E-state index contributed by atoms with van der Waals surface area (Å²) in [5, 5.41) is 9.38. The second kappa shape index (κ2) is 6.68. The van der Waals surface area contributed by atoms with Crippen LogP contribution in [0.2, 0.25) is 0 Å². The Morgan fingerprint density at radius 3 is 2.33 bits per heavy atom. The third kappa shape index (κ3) is 3.58. The fourth-order valence-corrected chi connectivity index (χ4v) is 2.63. The number of rotatable bonds is 5. The number of hydrogen-bond donors (Lipinski definition) is 1. The molecule has 0 spiro atoms. The quantitative estimate of drug-likeness (QED) is 0.787. The summed E-state index contributed by atoms with van der Waals surface area (Å²) in [6, 6.07) is 13.0. The predicted octanol–water partition coefficient (Wildman–Crippen LogP) is 5.02. The van der Waals surface area contributed by atoms with Gasteiger partial charge < -0.3 is 9.84 Å². The van der Waals surface area contributed by atoms with Crippen LogP contribution in [0.25, 0.3) is 0 Å². The molecule has 0 aliphatic heterocycles. The summed E-state index contributed by atoms with van der Waals surface area (Å²) in [5.41, 5.74) is 1.43. The molecule has 0 amide bonds. The van der Waals surface area contributed by atoms with E-state index in [2.05, 4.69) is 13.8 Å². The Labute approximate surface area is 129 Å². The van der Waals surface area contributed by atoms with Gasteiger partial charge in [0.05, 0.1) is 0 Å². The van der Waals surface area contributed by atoms with Gasteiger partial charge in [0.15, 0.2) is 0 Å². The van der Waals surface area contributed by atoms with Crippen LogP contribution in [0.15, 0.2) is 47.4 Å². The molecule has 0 aromatic heterocycles. The first-order valence-corrected chi connectivity index (χ1v) is 7.93. The highest BCUT2D eigenvalue weighted by atomic mass is 32.2. The van der Waals surface area contributed by atoms with E-state index in [9.17, 15) is 9.90 Å². The van der Waals surface area contributed by atoms with Crippen LogP contribution in [0.4, 0.5) is 0 Å². The van der Waals surface area contributed by atoms with Crippen LogP contribution in [-0.2, 0) is 0 Å². The van der Waals surface area contributed by atoms with Gasteiger partial charge in [-0.05, 0) is 42.0 Å². The molecule has 3 nitrogen and oxygen atoms in total. The minimum absolute atomic E-state index is 0.206. The number of ether oxygens (including phenoxy) is 1. The second-order valence-corrected chi connectivity index (χ2v) is 5.81. The number of carboxylic acid groups (broad SMARTS) is 1. The van der Waals surface area contributed by atoms with E-state index in [0.29, 0.717) is 22.3 Å². The van der Waals surface area contributed by atoms with Crippen molar-refractivity contribution in [3.8, 4) is 11.5 Å². The van der Waals surface area contributed by atoms with Crippen molar-refractivity contribution in [1.29, 1.82) is 0 Å². The lowest BCUT2D eigenvalue weighted by atomic mass is 10.0. The van der Waals surface area contributed by atoms with Gasteiger partial charge in [0.2, 0.25) is 0 Å². The van der Waals surface area contributed by atoms with E-state index in [1.807, 2.05) is 30.5 Å². The molecule has 0 saturated heterocycles. The number of thioether (sulfide) groups is 1. The van der Waals surface area contributed by atoms with E-state index < -0.39 is 5.97 Å². The van der Waals surface area contributed by atoms with Gasteiger partial charge in [0.1, 0.15) is 17.1 Å². The average molecular weight is 302 g/mol. The zero-order chi connectivity index (χ0) is 15.4. The van der Waals surface area contributed by atoms with E-state index in [0.717, 1.165) is 0 Å². The van der Waals surface area contributed by atoms with Crippen LogP contribution in [0.3, 0.4) is 0 Å². The van der Waals surface area contributed by atoms with Gasteiger partial charge in [0.25, 0.3) is 0 Å². The summed E-state index contributed by atoms with van der Waals surface area (Å²) in [7, 11) is 0. The van der Waals surface area contributed by atoms with Crippen molar-refractivity contribution in [2.75, 3.05) is 6.26 Å². The van der Waals surface area contributed by atoms with Gasteiger partial charge >= 0.3 is 5.97 Å². The molecule has 21 heavy (non-hydrogen) atoms. The minimum Gasteiger partial charge on any atom is -0.478 e. The molecule has 0 atom stereocenters. The molecular weight excluding hydrogens is 284 g/mol. The van der Waals surface area contributed by atoms with Crippen molar-refractivity contribution >= 4 is 17.7 Å². The van der Waals surface area contributed by atoms with E-state index in [-0.39, 0.29) is 5.56 Å². The lowest BCUT2D eigenvalue weighted by molar-refractivity contribution is 0.0690. The summed E-state index contributed by atoms with van der Waals surface area (Å²) in [5.74, 6) is 0.481. The van der Waals surface area contributed by atoms with Crippen LogP contribution in [0, 0.1) is 0 Å². The summed E-state index contributed by atoms with van der Waals surface area (Å²) in [4.78, 5) is 12.1. The Hall–Kier alpha value is -1.94. The van der Waals surface area contributed by atoms with E-state index in [1.165, 1.54) is 17.3 Å². The van der Waals surface area contributed by atoms with Crippen LogP contribution in [0.5, 0.6) is 11.5 Å². The molecule has 0 radical (unpaired) electrons. The van der Waals surface area contributed by atoms with E-state index in [1.54, 1.807) is 18.2 Å². The smallest absolute Gasteiger partial charge is 0.340 e. The summed E-state index contributed by atoms with van der Waals surface area (Å²) < 4.78 is 5.75. The number of carbonyl (C=O) groups is 1. The first-order valence-electron chi connectivity index (χ1n) is 6.71. The molecule has 2 aromatic carbocycles. The van der Waals surface area contributed by atoms with Crippen molar-refractivity contribution in [3.63, 3.8) is 0 Å². The molecule has 2 rings (SSSR count). The molecule has 0 saturated carbocycles. The van der Waals surface area contributed by atoms with Crippen LogP contribution in [0.1, 0.15) is 35.7 Å². The monoisotopic (exact) mass is 302 g/mol. The zero-order valence-electron chi connectivity index (χ0n) is 12.3. The Morgan fingerprint density at radius 1 is 1.14 bits per heavy atom. The second-order valence-electron chi connectivity index (χ2n) is 4.96. The molecule has 4 heteroatoms. The number of benzene rings is 2. The summed E-state index contributed by atoms with van der Waals surface area (Å²) in [6.45, 7) is 4.25. The third-order valence-corrected chi connectivity index (χ3v) is 3.98. The van der Waals surface area contributed by atoms with Crippen molar-refractivity contribution in [2.45, 2.75) is 24.7 Å². The molecular formula is C17H18O3S. The molecule has 0 fully saturated rings. The van der Waals surface area contributed by atoms with Crippen molar-refractivity contribution in [3.05, 3.63) is 53.6 Å². The normalized spacial score (nSPS) is 10.7. The van der Waals surface area contributed by atoms with Gasteiger partial charge in [-0.25, -0.2) is 4.79 Å². The molecule has 1 N–H and O–H groups in total. The topological polar surface area (TPSA) is 46.5 Å². The maximum atomic E-state index is 11.4. The molecule has 110 valence electrons.